The van der Waals surface area contributed by atoms with Crippen molar-refractivity contribution in [2.24, 2.45) is 0 Å². The van der Waals surface area contributed by atoms with Crippen molar-refractivity contribution in [3.8, 4) is 0 Å². The average Bonchev–Trinajstić information content (AvgIpc) is 3.43. The molecule has 0 spiro atoms. The van der Waals surface area contributed by atoms with Gasteiger partial charge in [0.1, 0.15) is 0 Å². The number of oxazole rings is 1. The van der Waals surface area contributed by atoms with Gasteiger partial charge in [0.2, 0.25) is 5.89 Å². The molecule has 0 radical (unpaired) electrons. The Bertz CT molecular complexity index is 1450. The maximum absolute atomic E-state index is 13.4. The number of nitrogens with zero attached hydrogens (tertiary/aromatic N) is 4. The number of aryl methyl sites for hydroxylation is 1. The van der Waals surface area contributed by atoms with Crippen LogP contribution in [0.5, 0.6) is 0 Å². The number of benzene rings is 2. The van der Waals surface area contributed by atoms with Gasteiger partial charge in [0.25, 0.3) is 10.0 Å². The summed E-state index contributed by atoms with van der Waals surface area (Å²) in [5.41, 5.74) is 2.31. The Morgan fingerprint density at radius 2 is 2.00 bits per heavy atom. The Balaban J connectivity index is 1.54. The van der Waals surface area contributed by atoms with Crippen LogP contribution in [-0.4, -0.2) is 29.2 Å². The third kappa shape index (κ3) is 3.14. The predicted octanol–water partition coefficient (Wildman–Crippen LogP) is 2.73. The average molecular weight is 440 g/mol. The lowest BCUT2D eigenvalue weighted by molar-refractivity contribution is 0.375. The molecule has 0 N–H and O–H groups in total. The highest BCUT2D eigenvalue weighted by atomic mass is 32.2. The van der Waals surface area contributed by atoms with E-state index in [1.54, 1.807) is 12.1 Å². The summed E-state index contributed by atoms with van der Waals surface area (Å²) in [6.45, 7) is 3.83. The highest BCUT2D eigenvalue weighted by molar-refractivity contribution is 7.92. The third-order valence-corrected chi connectivity index (χ3v) is 7.38. The summed E-state index contributed by atoms with van der Waals surface area (Å²) >= 11 is 0. The van der Waals surface area contributed by atoms with E-state index in [0.717, 1.165) is 5.56 Å². The predicted molar refractivity (Wildman–Crippen MR) is 113 cm³/mol. The van der Waals surface area contributed by atoms with Gasteiger partial charge in [-0.05, 0) is 37.1 Å². The third-order valence-electron chi connectivity index (χ3n) is 5.45. The summed E-state index contributed by atoms with van der Waals surface area (Å²) in [5.74, 6) is 0.206. The maximum atomic E-state index is 13.4. The van der Waals surface area contributed by atoms with Crippen LogP contribution in [0.4, 0.5) is 5.69 Å². The SMILES string of the molecule is CCc1nc(Cn2c(=O)oc3cc(S(=O)(=O)N4c5ccccc5CC4C)ccc32)no1. The molecule has 31 heavy (non-hydrogen) atoms. The first-order chi connectivity index (χ1) is 14.9. The molecule has 5 rings (SSSR count). The summed E-state index contributed by atoms with van der Waals surface area (Å²) in [7, 11) is -3.83. The summed E-state index contributed by atoms with van der Waals surface area (Å²) < 4.78 is 40.1. The minimum absolute atomic E-state index is 0.0669. The van der Waals surface area contributed by atoms with Crippen molar-refractivity contribution in [1.82, 2.24) is 14.7 Å². The molecule has 3 heterocycles. The van der Waals surface area contributed by atoms with E-state index in [1.807, 2.05) is 32.0 Å². The molecule has 1 unspecified atom stereocenters. The molecule has 0 aliphatic carbocycles. The van der Waals surface area contributed by atoms with Gasteiger partial charge in [-0.2, -0.15) is 4.98 Å². The zero-order chi connectivity index (χ0) is 21.8. The molecule has 2 aromatic carbocycles. The summed E-state index contributed by atoms with van der Waals surface area (Å²) in [6, 6.07) is 11.7. The number of hydrogen-bond donors (Lipinski definition) is 0. The van der Waals surface area contributed by atoms with Crippen molar-refractivity contribution >= 4 is 26.8 Å². The topological polar surface area (TPSA) is 111 Å². The first kappa shape index (κ1) is 19.6. The quantitative estimate of drug-likeness (QED) is 0.469. The molecule has 1 atom stereocenters. The number of sulfonamides is 1. The number of fused-ring (bicyclic) bond motifs is 2. The first-order valence-electron chi connectivity index (χ1n) is 9.95. The second kappa shape index (κ2) is 7.09. The van der Waals surface area contributed by atoms with Gasteiger partial charge < -0.3 is 8.94 Å². The monoisotopic (exact) mass is 440 g/mol. The normalized spacial score (nSPS) is 16.2. The van der Waals surface area contributed by atoms with Crippen molar-refractivity contribution in [2.75, 3.05) is 4.31 Å². The van der Waals surface area contributed by atoms with Crippen LogP contribution in [0.1, 0.15) is 31.1 Å². The smallest absolute Gasteiger partial charge is 0.408 e. The van der Waals surface area contributed by atoms with Gasteiger partial charge in [-0.15, -0.1) is 0 Å². The molecule has 10 heteroatoms. The zero-order valence-electron chi connectivity index (χ0n) is 17.0. The lowest BCUT2D eigenvalue weighted by Gasteiger charge is -2.24. The van der Waals surface area contributed by atoms with Crippen molar-refractivity contribution < 1.29 is 17.4 Å². The van der Waals surface area contributed by atoms with Crippen LogP contribution in [-0.2, 0) is 29.4 Å². The van der Waals surface area contributed by atoms with Crippen LogP contribution in [0.2, 0.25) is 0 Å². The second-order valence-corrected chi connectivity index (χ2v) is 9.34. The van der Waals surface area contributed by atoms with Crippen molar-refractivity contribution in [3.63, 3.8) is 0 Å². The summed E-state index contributed by atoms with van der Waals surface area (Å²) in [5, 5.41) is 3.86. The zero-order valence-corrected chi connectivity index (χ0v) is 17.8. The largest absolute Gasteiger partial charge is 0.420 e. The van der Waals surface area contributed by atoms with Gasteiger partial charge in [0, 0.05) is 18.5 Å². The highest BCUT2D eigenvalue weighted by Crippen LogP contribution is 2.37. The van der Waals surface area contributed by atoms with Gasteiger partial charge in [-0.3, -0.25) is 8.87 Å². The van der Waals surface area contributed by atoms with Gasteiger partial charge in [0.05, 0.1) is 22.6 Å². The number of para-hydroxylation sites is 1. The van der Waals surface area contributed by atoms with E-state index in [9.17, 15) is 13.2 Å². The first-order valence-corrected chi connectivity index (χ1v) is 11.4. The Morgan fingerprint density at radius 1 is 1.19 bits per heavy atom. The van der Waals surface area contributed by atoms with Crippen LogP contribution >= 0.6 is 0 Å². The minimum atomic E-state index is -3.83. The Labute approximate surface area is 178 Å². The molecular weight excluding hydrogens is 420 g/mol. The fraction of sp³-hybridized carbons (Fsp3) is 0.286. The van der Waals surface area contributed by atoms with Crippen LogP contribution in [0.15, 0.2) is 61.1 Å². The van der Waals surface area contributed by atoms with E-state index in [-0.39, 0.29) is 23.1 Å². The van der Waals surface area contributed by atoms with Gasteiger partial charge in [0.15, 0.2) is 11.4 Å². The number of aromatic nitrogens is 3. The van der Waals surface area contributed by atoms with Crippen LogP contribution in [0, 0.1) is 0 Å². The van der Waals surface area contributed by atoms with E-state index in [1.165, 1.54) is 21.0 Å². The molecule has 1 aliphatic heterocycles. The molecule has 2 aromatic heterocycles. The Hall–Kier alpha value is -3.40. The van der Waals surface area contributed by atoms with Gasteiger partial charge in [-0.1, -0.05) is 30.3 Å². The van der Waals surface area contributed by atoms with Gasteiger partial charge in [-0.25, -0.2) is 13.2 Å². The second-order valence-electron chi connectivity index (χ2n) is 7.52. The maximum Gasteiger partial charge on any atom is 0.420 e. The molecule has 0 amide bonds. The molecule has 0 saturated heterocycles. The number of hydrogen-bond acceptors (Lipinski definition) is 7. The van der Waals surface area contributed by atoms with E-state index < -0.39 is 15.8 Å². The van der Waals surface area contributed by atoms with Crippen LogP contribution in [0.25, 0.3) is 11.1 Å². The van der Waals surface area contributed by atoms with Crippen molar-refractivity contribution in [1.29, 1.82) is 0 Å². The molecule has 160 valence electrons. The molecule has 9 nitrogen and oxygen atoms in total. The van der Waals surface area contributed by atoms with Gasteiger partial charge >= 0.3 is 5.76 Å². The lowest BCUT2D eigenvalue weighted by Crippen LogP contribution is -2.35. The molecule has 0 bridgehead atoms. The molecule has 0 fully saturated rings. The van der Waals surface area contributed by atoms with Crippen molar-refractivity contribution in [3.05, 3.63) is 70.3 Å². The summed E-state index contributed by atoms with van der Waals surface area (Å²) in [4.78, 5) is 16.7. The Morgan fingerprint density at radius 3 is 2.77 bits per heavy atom. The standard InChI is InChI=1S/C21H20N4O5S/c1-3-20-22-19(23-30-20)12-24-17-9-8-15(11-18(17)29-21(24)26)31(27,28)25-13(2)10-14-6-4-5-7-16(14)25/h4-9,11,13H,3,10,12H2,1-2H3. The molecular formula is C21H20N4O5S. The Kier molecular flexibility index (Phi) is 4.47. The fourth-order valence-electron chi connectivity index (χ4n) is 4.01. The van der Waals surface area contributed by atoms with E-state index in [2.05, 4.69) is 10.1 Å². The number of anilines is 1. The van der Waals surface area contributed by atoms with E-state index in [4.69, 9.17) is 8.94 Å². The molecule has 0 saturated carbocycles. The number of rotatable bonds is 5. The van der Waals surface area contributed by atoms with E-state index in [0.29, 0.717) is 35.8 Å². The molecule has 1 aliphatic rings. The summed E-state index contributed by atoms with van der Waals surface area (Å²) in [6.07, 6.45) is 1.24. The van der Waals surface area contributed by atoms with E-state index >= 15 is 0 Å². The van der Waals surface area contributed by atoms with Crippen LogP contribution < -0.4 is 10.1 Å². The lowest BCUT2D eigenvalue weighted by atomic mass is 10.1. The minimum Gasteiger partial charge on any atom is -0.408 e. The van der Waals surface area contributed by atoms with Crippen LogP contribution in [0.3, 0.4) is 0 Å². The fourth-order valence-corrected chi connectivity index (χ4v) is 5.72. The highest BCUT2D eigenvalue weighted by Gasteiger charge is 2.36. The van der Waals surface area contributed by atoms with Crippen molar-refractivity contribution in [2.45, 2.75) is 44.2 Å². The molecule has 4 aromatic rings.